The lowest BCUT2D eigenvalue weighted by atomic mass is 9.74. The molecule has 0 N–H and O–H groups in total. The number of halogens is 3. The summed E-state index contributed by atoms with van der Waals surface area (Å²) in [5.41, 5.74) is 0.378. The maximum absolute atomic E-state index is 13.1. The molecule has 2 aromatic carbocycles. The van der Waals surface area contributed by atoms with Crippen LogP contribution in [0.3, 0.4) is 0 Å². The number of likely N-dealkylation sites (tertiary alicyclic amines) is 1. The van der Waals surface area contributed by atoms with Gasteiger partial charge in [0, 0.05) is 30.1 Å². The summed E-state index contributed by atoms with van der Waals surface area (Å²) < 4.78 is 45.0. The number of alkyl halides is 3. The van der Waals surface area contributed by atoms with Crippen LogP contribution >= 0.6 is 0 Å². The highest BCUT2D eigenvalue weighted by Crippen LogP contribution is 2.45. The van der Waals surface area contributed by atoms with Crippen LogP contribution in [0.2, 0.25) is 0 Å². The normalized spacial score (nSPS) is 18.3. The molecule has 6 heteroatoms. The topological polar surface area (TPSA) is 29.5 Å². The number of piperidine rings is 1. The molecule has 0 radical (unpaired) electrons. The quantitative estimate of drug-likeness (QED) is 0.701. The van der Waals surface area contributed by atoms with Gasteiger partial charge in [0.2, 0.25) is 5.91 Å². The third-order valence-corrected chi connectivity index (χ3v) is 5.67. The van der Waals surface area contributed by atoms with E-state index in [4.69, 9.17) is 4.74 Å². The fourth-order valence-electron chi connectivity index (χ4n) is 4.06. The van der Waals surface area contributed by atoms with Gasteiger partial charge in [0.25, 0.3) is 0 Å². The molecule has 0 aromatic heterocycles. The molecule has 28 heavy (non-hydrogen) atoms. The van der Waals surface area contributed by atoms with Gasteiger partial charge in [-0.25, -0.2) is 0 Å². The van der Waals surface area contributed by atoms with E-state index in [1.54, 1.807) is 4.90 Å². The van der Waals surface area contributed by atoms with Crippen LogP contribution in [0.25, 0.3) is 6.08 Å². The molecule has 0 saturated carbocycles. The van der Waals surface area contributed by atoms with Crippen molar-refractivity contribution in [2.45, 2.75) is 24.4 Å². The largest absolute Gasteiger partial charge is 0.492 e. The lowest BCUT2D eigenvalue weighted by Crippen LogP contribution is -2.45. The second-order valence-electron chi connectivity index (χ2n) is 7.31. The summed E-state index contributed by atoms with van der Waals surface area (Å²) in [5.74, 6) is 0.643. The Hall–Kier alpha value is -2.76. The van der Waals surface area contributed by atoms with Crippen molar-refractivity contribution in [2.75, 3.05) is 19.7 Å². The van der Waals surface area contributed by atoms with Crippen molar-refractivity contribution in [1.82, 2.24) is 4.90 Å². The first-order valence-corrected chi connectivity index (χ1v) is 9.25. The minimum atomic E-state index is -4.45. The van der Waals surface area contributed by atoms with Gasteiger partial charge in [0.15, 0.2) is 0 Å². The maximum Gasteiger partial charge on any atom is 0.416 e. The lowest BCUT2D eigenvalue weighted by molar-refractivity contribution is -0.137. The molecule has 2 aliphatic rings. The standard InChI is InChI=1S/C22H20F3NO2/c23-22(24,25)17-6-2-1-5-16(17)9-10-20(27)26-13-11-21(12-14-26)15-28-19-8-4-3-7-18(19)21/h1-10H,11-15H2/b10-9+. The van der Waals surface area contributed by atoms with E-state index >= 15 is 0 Å². The summed E-state index contributed by atoms with van der Waals surface area (Å²) in [6.45, 7) is 1.73. The molecule has 2 aromatic rings. The van der Waals surface area contributed by atoms with E-state index < -0.39 is 11.7 Å². The molecular formula is C22H20F3NO2. The molecule has 0 aliphatic carbocycles. The number of fused-ring (bicyclic) bond motifs is 2. The average Bonchev–Trinajstić information content (AvgIpc) is 3.05. The third kappa shape index (κ3) is 3.39. The summed E-state index contributed by atoms with van der Waals surface area (Å²) >= 11 is 0. The van der Waals surface area contributed by atoms with Crippen LogP contribution in [-0.4, -0.2) is 30.5 Å². The molecule has 4 rings (SSSR count). The number of rotatable bonds is 2. The van der Waals surface area contributed by atoms with Gasteiger partial charge < -0.3 is 9.64 Å². The highest BCUT2D eigenvalue weighted by Gasteiger charge is 2.43. The monoisotopic (exact) mass is 387 g/mol. The molecule has 2 aliphatic heterocycles. The zero-order valence-corrected chi connectivity index (χ0v) is 15.2. The number of benzene rings is 2. The van der Waals surface area contributed by atoms with Crippen molar-refractivity contribution < 1.29 is 22.7 Å². The Labute approximate surface area is 161 Å². The Morgan fingerprint density at radius 2 is 1.71 bits per heavy atom. The first-order valence-electron chi connectivity index (χ1n) is 9.25. The summed E-state index contributed by atoms with van der Waals surface area (Å²) in [4.78, 5) is 14.2. The van der Waals surface area contributed by atoms with E-state index in [0.29, 0.717) is 19.7 Å². The Kier molecular flexibility index (Phi) is 4.65. The van der Waals surface area contributed by atoms with E-state index in [9.17, 15) is 18.0 Å². The van der Waals surface area contributed by atoms with E-state index in [1.807, 2.05) is 18.2 Å². The van der Waals surface area contributed by atoms with Crippen LogP contribution in [0.5, 0.6) is 5.75 Å². The zero-order chi connectivity index (χ0) is 19.8. The Morgan fingerprint density at radius 3 is 2.46 bits per heavy atom. The lowest BCUT2D eigenvalue weighted by Gasteiger charge is -2.38. The van der Waals surface area contributed by atoms with Gasteiger partial charge in [-0.3, -0.25) is 4.79 Å². The number of hydrogen-bond acceptors (Lipinski definition) is 2. The number of hydrogen-bond donors (Lipinski definition) is 0. The fraction of sp³-hybridized carbons (Fsp3) is 0.318. The Bertz CT molecular complexity index is 912. The predicted molar refractivity (Wildman–Crippen MR) is 99.9 cm³/mol. The van der Waals surface area contributed by atoms with E-state index in [1.165, 1.54) is 35.9 Å². The number of carbonyl (C=O) groups is 1. The van der Waals surface area contributed by atoms with Gasteiger partial charge in [0.05, 0.1) is 12.2 Å². The molecule has 146 valence electrons. The zero-order valence-electron chi connectivity index (χ0n) is 15.2. The second kappa shape index (κ2) is 7.00. The molecule has 3 nitrogen and oxygen atoms in total. The highest BCUT2D eigenvalue weighted by molar-refractivity contribution is 5.92. The van der Waals surface area contributed by atoms with Crippen LogP contribution in [0.15, 0.2) is 54.6 Å². The molecule has 1 amide bonds. The minimum absolute atomic E-state index is 0.00468. The summed E-state index contributed by atoms with van der Waals surface area (Å²) in [5, 5.41) is 0. The molecule has 0 unspecified atom stereocenters. The molecule has 1 spiro atoms. The van der Waals surface area contributed by atoms with Crippen LogP contribution in [0, 0.1) is 0 Å². The second-order valence-corrected chi connectivity index (χ2v) is 7.31. The van der Waals surface area contributed by atoms with Gasteiger partial charge in [0.1, 0.15) is 5.75 Å². The van der Waals surface area contributed by atoms with Crippen LogP contribution in [0.1, 0.15) is 29.5 Å². The fourth-order valence-corrected chi connectivity index (χ4v) is 4.06. The van der Waals surface area contributed by atoms with E-state index in [-0.39, 0.29) is 16.9 Å². The van der Waals surface area contributed by atoms with Gasteiger partial charge >= 0.3 is 6.18 Å². The molecule has 1 fully saturated rings. The highest BCUT2D eigenvalue weighted by atomic mass is 19.4. The van der Waals surface area contributed by atoms with Gasteiger partial charge in [-0.15, -0.1) is 0 Å². The number of ether oxygens (including phenoxy) is 1. The first-order chi connectivity index (χ1) is 13.4. The molecule has 2 heterocycles. The van der Waals surface area contributed by atoms with Crippen molar-refractivity contribution in [3.8, 4) is 5.75 Å². The number of nitrogens with zero attached hydrogens (tertiary/aromatic N) is 1. The smallest absolute Gasteiger partial charge is 0.416 e. The van der Waals surface area contributed by atoms with Crippen molar-refractivity contribution in [3.05, 3.63) is 71.3 Å². The summed E-state index contributed by atoms with van der Waals surface area (Å²) in [6, 6.07) is 13.2. The number of carbonyl (C=O) groups excluding carboxylic acids is 1. The minimum Gasteiger partial charge on any atom is -0.492 e. The van der Waals surface area contributed by atoms with Gasteiger partial charge in [-0.05, 0) is 36.6 Å². The van der Waals surface area contributed by atoms with Gasteiger partial charge in [-0.1, -0.05) is 36.4 Å². The van der Waals surface area contributed by atoms with Crippen LogP contribution in [0.4, 0.5) is 13.2 Å². The SMILES string of the molecule is O=C(/C=C/c1ccccc1C(F)(F)F)N1CCC2(CC1)COc1ccccc12. The predicted octanol–water partition coefficient (Wildman–Crippen LogP) is 4.67. The summed E-state index contributed by atoms with van der Waals surface area (Å²) in [7, 11) is 0. The van der Waals surface area contributed by atoms with Crippen molar-refractivity contribution in [2.24, 2.45) is 0 Å². The first kappa shape index (κ1) is 18.6. The summed E-state index contributed by atoms with van der Waals surface area (Å²) in [6.07, 6.45) is -0.395. The third-order valence-electron chi connectivity index (χ3n) is 5.67. The molecule has 1 saturated heterocycles. The number of amides is 1. The molecular weight excluding hydrogens is 367 g/mol. The van der Waals surface area contributed by atoms with Gasteiger partial charge in [-0.2, -0.15) is 13.2 Å². The Morgan fingerprint density at radius 1 is 1.04 bits per heavy atom. The van der Waals surface area contributed by atoms with Crippen molar-refractivity contribution in [1.29, 1.82) is 0 Å². The van der Waals surface area contributed by atoms with Crippen molar-refractivity contribution >= 4 is 12.0 Å². The van der Waals surface area contributed by atoms with Crippen molar-refractivity contribution in [3.63, 3.8) is 0 Å². The molecule has 0 bridgehead atoms. The van der Waals surface area contributed by atoms with Crippen LogP contribution in [-0.2, 0) is 16.4 Å². The average molecular weight is 387 g/mol. The van der Waals surface area contributed by atoms with E-state index in [0.717, 1.165) is 24.7 Å². The van der Waals surface area contributed by atoms with Crippen LogP contribution < -0.4 is 4.74 Å². The molecule has 0 atom stereocenters. The maximum atomic E-state index is 13.1. The van der Waals surface area contributed by atoms with E-state index in [2.05, 4.69) is 6.07 Å². The Balaban J connectivity index is 1.44. The number of para-hydroxylation sites is 1.